The molecule has 2 rings (SSSR count). The topological polar surface area (TPSA) is 48.1 Å². The molecule has 0 saturated carbocycles. The molecule has 0 bridgehead atoms. The number of methoxy groups -OCH3 is 1. The average molecular weight is 311 g/mol. The van der Waals surface area contributed by atoms with Crippen molar-refractivity contribution in [1.29, 1.82) is 0 Å². The van der Waals surface area contributed by atoms with Crippen LogP contribution in [0.15, 0.2) is 36.5 Å². The van der Waals surface area contributed by atoms with Gasteiger partial charge in [0.25, 0.3) is 0 Å². The van der Waals surface area contributed by atoms with Crippen LogP contribution in [0, 0.1) is 0 Å². The summed E-state index contributed by atoms with van der Waals surface area (Å²) in [5.41, 5.74) is 7.84. The molecule has 5 heteroatoms. The van der Waals surface area contributed by atoms with Gasteiger partial charge in [0.15, 0.2) is 5.75 Å². The monoisotopic (exact) mass is 310 g/mol. The lowest BCUT2D eigenvalue weighted by Crippen LogP contribution is -2.16. The van der Waals surface area contributed by atoms with Crippen molar-refractivity contribution >= 4 is 23.2 Å². The number of hydrogen-bond donors (Lipinski definition) is 1. The maximum atomic E-state index is 6.15. The number of ether oxygens (including phenoxy) is 1. The van der Waals surface area contributed by atoms with Crippen LogP contribution in [0.3, 0.4) is 0 Å². The highest BCUT2D eigenvalue weighted by Crippen LogP contribution is 2.35. The van der Waals surface area contributed by atoms with Gasteiger partial charge in [0.1, 0.15) is 0 Å². The van der Waals surface area contributed by atoms with E-state index < -0.39 is 0 Å². The second kappa shape index (κ2) is 6.93. The molecule has 1 unspecified atom stereocenters. The normalized spacial score (nSPS) is 12.2. The minimum absolute atomic E-state index is 0.136. The minimum Gasteiger partial charge on any atom is -0.494 e. The van der Waals surface area contributed by atoms with Gasteiger partial charge in [-0.1, -0.05) is 29.3 Å². The van der Waals surface area contributed by atoms with Crippen LogP contribution < -0.4 is 10.5 Å². The molecule has 0 saturated heterocycles. The Morgan fingerprint density at radius 1 is 1.25 bits per heavy atom. The highest BCUT2D eigenvalue weighted by atomic mass is 35.5. The van der Waals surface area contributed by atoms with E-state index in [0.717, 1.165) is 17.7 Å². The maximum Gasteiger partial charge on any atom is 0.156 e. The van der Waals surface area contributed by atoms with E-state index in [0.29, 0.717) is 22.3 Å². The first-order valence-corrected chi connectivity index (χ1v) is 7.04. The third-order valence-electron chi connectivity index (χ3n) is 3.13. The van der Waals surface area contributed by atoms with Crippen LogP contribution in [-0.2, 0) is 6.42 Å². The first kappa shape index (κ1) is 15.1. The van der Waals surface area contributed by atoms with Crippen LogP contribution in [0.2, 0.25) is 10.0 Å². The standard InChI is InChI=1S/C15H16Cl2N2O/c1-20-15-12(16)7-10(8-13(15)17)6-11(9-18)14-4-2-3-5-19-14/h2-5,7-8,11H,6,9,18H2,1H3. The Morgan fingerprint density at radius 3 is 2.45 bits per heavy atom. The zero-order valence-corrected chi connectivity index (χ0v) is 12.7. The van der Waals surface area contributed by atoms with Gasteiger partial charge in [0.2, 0.25) is 0 Å². The average Bonchev–Trinajstić information content (AvgIpc) is 2.45. The molecule has 1 aromatic carbocycles. The molecule has 1 atom stereocenters. The number of benzene rings is 1. The fourth-order valence-electron chi connectivity index (χ4n) is 2.14. The quantitative estimate of drug-likeness (QED) is 0.916. The van der Waals surface area contributed by atoms with Crippen molar-refractivity contribution in [2.45, 2.75) is 12.3 Å². The second-order valence-corrected chi connectivity index (χ2v) is 5.30. The predicted molar refractivity (Wildman–Crippen MR) is 82.8 cm³/mol. The lowest BCUT2D eigenvalue weighted by atomic mass is 9.95. The molecule has 2 aromatic rings. The third kappa shape index (κ3) is 3.42. The molecule has 0 radical (unpaired) electrons. The lowest BCUT2D eigenvalue weighted by Gasteiger charge is -2.15. The molecule has 2 N–H and O–H groups in total. The smallest absolute Gasteiger partial charge is 0.156 e. The van der Waals surface area contributed by atoms with Crippen molar-refractivity contribution in [3.05, 3.63) is 57.8 Å². The van der Waals surface area contributed by atoms with Crippen LogP contribution in [0.5, 0.6) is 5.75 Å². The molecule has 1 aromatic heterocycles. The van der Waals surface area contributed by atoms with Crippen LogP contribution in [-0.4, -0.2) is 18.6 Å². The highest BCUT2D eigenvalue weighted by Gasteiger charge is 2.15. The Balaban J connectivity index is 2.24. The summed E-state index contributed by atoms with van der Waals surface area (Å²) in [5, 5.41) is 1.01. The Hall–Kier alpha value is -1.29. The van der Waals surface area contributed by atoms with E-state index in [4.69, 9.17) is 33.7 Å². The Kier molecular flexibility index (Phi) is 5.24. The Labute approximate surface area is 128 Å². The predicted octanol–water partition coefficient (Wildman–Crippen LogP) is 3.68. The maximum absolute atomic E-state index is 6.15. The summed E-state index contributed by atoms with van der Waals surface area (Å²) in [6.07, 6.45) is 2.50. The summed E-state index contributed by atoms with van der Waals surface area (Å²) in [7, 11) is 1.54. The molecule has 0 aliphatic rings. The number of rotatable bonds is 5. The van der Waals surface area contributed by atoms with E-state index in [2.05, 4.69) is 4.98 Å². The molecule has 3 nitrogen and oxygen atoms in total. The van der Waals surface area contributed by atoms with Gasteiger partial charge < -0.3 is 10.5 Å². The van der Waals surface area contributed by atoms with Crippen molar-refractivity contribution in [3.8, 4) is 5.75 Å². The third-order valence-corrected chi connectivity index (χ3v) is 3.70. The van der Waals surface area contributed by atoms with E-state index in [1.807, 2.05) is 30.3 Å². The number of hydrogen-bond acceptors (Lipinski definition) is 3. The van der Waals surface area contributed by atoms with Crippen LogP contribution in [0.4, 0.5) is 0 Å². The van der Waals surface area contributed by atoms with Crippen molar-refractivity contribution in [1.82, 2.24) is 4.98 Å². The number of pyridine rings is 1. The van der Waals surface area contributed by atoms with E-state index in [1.54, 1.807) is 13.3 Å². The van der Waals surface area contributed by atoms with Gasteiger partial charge in [0, 0.05) is 24.4 Å². The fourth-order valence-corrected chi connectivity index (χ4v) is 2.82. The van der Waals surface area contributed by atoms with Gasteiger partial charge in [-0.3, -0.25) is 4.98 Å². The first-order chi connectivity index (χ1) is 9.65. The highest BCUT2D eigenvalue weighted by molar-refractivity contribution is 6.37. The zero-order valence-electron chi connectivity index (χ0n) is 11.1. The van der Waals surface area contributed by atoms with Crippen molar-refractivity contribution < 1.29 is 4.74 Å². The Morgan fingerprint density at radius 2 is 1.95 bits per heavy atom. The van der Waals surface area contributed by atoms with E-state index in [9.17, 15) is 0 Å². The summed E-state index contributed by atoms with van der Waals surface area (Å²) in [6, 6.07) is 9.54. The van der Waals surface area contributed by atoms with E-state index in [1.165, 1.54) is 0 Å². The fraction of sp³-hybridized carbons (Fsp3) is 0.267. The largest absolute Gasteiger partial charge is 0.494 e. The van der Waals surface area contributed by atoms with Gasteiger partial charge in [-0.25, -0.2) is 0 Å². The second-order valence-electron chi connectivity index (χ2n) is 4.48. The molecule has 1 heterocycles. The molecule has 0 fully saturated rings. The van der Waals surface area contributed by atoms with Crippen molar-refractivity contribution in [3.63, 3.8) is 0 Å². The molecule has 0 aliphatic heterocycles. The lowest BCUT2D eigenvalue weighted by molar-refractivity contribution is 0.415. The van der Waals surface area contributed by atoms with Crippen LogP contribution >= 0.6 is 23.2 Å². The van der Waals surface area contributed by atoms with Gasteiger partial charge in [0.05, 0.1) is 17.2 Å². The summed E-state index contributed by atoms with van der Waals surface area (Å²) < 4.78 is 5.15. The first-order valence-electron chi connectivity index (χ1n) is 6.28. The summed E-state index contributed by atoms with van der Waals surface area (Å²) in [6.45, 7) is 0.512. The number of nitrogens with two attached hydrogens (primary N) is 1. The molecule has 106 valence electrons. The van der Waals surface area contributed by atoms with Crippen LogP contribution in [0.25, 0.3) is 0 Å². The summed E-state index contributed by atoms with van der Waals surface area (Å²) in [5.74, 6) is 0.635. The number of halogens is 2. The minimum atomic E-state index is 0.136. The van der Waals surface area contributed by atoms with Gasteiger partial charge in [-0.05, 0) is 36.2 Å². The number of nitrogens with zero attached hydrogens (tertiary/aromatic N) is 1. The van der Waals surface area contributed by atoms with Crippen molar-refractivity contribution in [2.24, 2.45) is 5.73 Å². The molecular weight excluding hydrogens is 295 g/mol. The Bertz CT molecular complexity index is 552. The van der Waals surface area contributed by atoms with Gasteiger partial charge in [-0.15, -0.1) is 0 Å². The van der Waals surface area contributed by atoms with Crippen molar-refractivity contribution in [2.75, 3.05) is 13.7 Å². The molecule has 0 amide bonds. The van der Waals surface area contributed by atoms with Gasteiger partial charge in [-0.2, -0.15) is 0 Å². The van der Waals surface area contributed by atoms with E-state index >= 15 is 0 Å². The van der Waals surface area contributed by atoms with E-state index in [-0.39, 0.29) is 5.92 Å². The van der Waals surface area contributed by atoms with Crippen LogP contribution in [0.1, 0.15) is 17.2 Å². The molecule has 0 aliphatic carbocycles. The SMILES string of the molecule is COc1c(Cl)cc(CC(CN)c2ccccn2)cc1Cl. The summed E-state index contributed by atoms with van der Waals surface area (Å²) in [4.78, 5) is 4.35. The summed E-state index contributed by atoms with van der Waals surface area (Å²) >= 11 is 12.3. The van der Waals surface area contributed by atoms with Gasteiger partial charge >= 0.3 is 0 Å². The molecular formula is C15H16Cl2N2O. The molecule has 0 spiro atoms. The zero-order chi connectivity index (χ0) is 14.5. The number of aromatic nitrogens is 1. The molecule has 20 heavy (non-hydrogen) atoms.